The standard InChI is InChI=1S/C14H18N2O2/c15-10-4-5-11-9(8-10)3-6-12(11)16-14(17)13-2-1-7-18-13/h4-5,8,12-13H,1-3,6-7,15H2,(H,16,17)/t12?,13-/m0/s1. The molecule has 1 aromatic rings. The SMILES string of the molecule is Nc1ccc2c(c1)CCC2NC(=O)[C@@H]1CCCO1. The lowest BCUT2D eigenvalue weighted by atomic mass is 10.1. The van der Waals surface area contributed by atoms with Crippen LogP contribution in [0, 0.1) is 0 Å². The number of ether oxygens (including phenoxy) is 1. The van der Waals surface area contributed by atoms with E-state index in [1.807, 2.05) is 18.2 Å². The van der Waals surface area contributed by atoms with Gasteiger partial charge in [-0.05, 0) is 48.9 Å². The van der Waals surface area contributed by atoms with Crippen LogP contribution >= 0.6 is 0 Å². The summed E-state index contributed by atoms with van der Waals surface area (Å²) in [6, 6.07) is 6.05. The number of aryl methyl sites for hydroxylation is 1. The highest BCUT2D eigenvalue weighted by Gasteiger charge is 2.29. The molecule has 1 aliphatic carbocycles. The highest BCUT2D eigenvalue weighted by molar-refractivity contribution is 5.81. The average molecular weight is 246 g/mol. The molecule has 1 amide bonds. The van der Waals surface area contributed by atoms with E-state index >= 15 is 0 Å². The van der Waals surface area contributed by atoms with Gasteiger partial charge in [0.15, 0.2) is 0 Å². The lowest BCUT2D eigenvalue weighted by Crippen LogP contribution is -2.36. The summed E-state index contributed by atoms with van der Waals surface area (Å²) in [5, 5.41) is 3.09. The zero-order valence-electron chi connectivity index (χ0n) is 10.3. The first-order valence-corrected chi connectivity index (χ1v) is 6.54. The van der Waals surface area contributed by atoms with E-state index in [0.717, 1.165) is 31.4 Å². The first kappa shape index (κ1) is 11.5. The highest BCUT2D eigenvalue weighted by Crippen LogP contribution is 2.32. The van der Waals surface area contributed by atoms with Gasteiger partial charge in [-0.3, -0.25) is 4.79 Å². The number of carbonyl (C=O) groups is 1. The molecular weight excluding hydrogens is 228 g/mol. The summed E-state index contributed by atoms with van der Waals surface area (Å²) in [7, 11) is 0. The van der Waals surface area contributed by atoms with Crippen LogP contribution in [0.5, 0.6) is 0 Å². The molecule has 3 N–H and O–H groups in total. The Morgan fingerprint density at radius 2 is 2.28 bits per heavy atom. The number of amides is 1. The van der Waals surface area contributed by atoms with Crippen molar-refractivity contribution in [2.24, 2.45) is 0 Å². The van der Waals surface area contributed by atoms with Crippen LogP contribution in [0.15, 0.2) is 18.2 Å². The van der Waals surface area contributed by atoms with Gasteiger partial charge in [-0.2, -0.15) is 0 Å². The summed E-state index contributed by atoms with van der Waals surface area (Å²) >= 11 is 0. The van der Waals surface area contributed by atoms with Gasteiger partial charge in [-0.25, -0.2) is 0 Å². The molecule has 0 radical (unpaired) electrons. The number of hydrogen-bond donors (Lipinski definition) is 2. The lowest BCUT2D eigenvalue weighted by molar-refractivity contribution is -0.130. The third-order valence-electron chi connectivity index (χ3n) is 3.78. The average Bonchev–Trinajstić information content (AvgIpc) is 2.98. The maximum absolute atomic E-state index is 12.0. The van der Waals surface area contributed by atoms with Crippen molar-refractivity contribution in [1.82, 2.24) is 5.32 Å². The summed E-state index contributed by atoms with van der Waals surface area (Å²) in [5.74, 6) is 0.0298. The number of fused-ring (bicyclic) bond motifs is 1. The number of nitrogens with two attached hydrogens (primary N) is 1. The maximum Gasteiger partial charge on any atom is 0.249 e. The summed E-state index contributed by atoms with van der Waals surface area (Å²) < 4.78 is 5.40. The molecule has 1 unspecified atom stereocenters. The minimum atomic E-state index is -0.247. The Bertz CT molecular complexity index is 467. The maximum atomic E-state index is 12.0. The second-order valence-corrected chi connectivity index (χ2v) is 5.06. The van der Waals surface area contributed by atoms with E-state index in [0.29, 0.717) is 6.61 Å². The molecule has 0 aromatic heterocycles. The highest BCUT2D eigenvalue weighted by atomic mass is 16.5. The van der Waals surface area contributed by atoms with Gasteiger partial charge in [0.2, 0.25) is 5.91 Å². The summed E-state index contributed by atoms with van der Waals surface area (Å²) in [6.45, 7) is 0.704. The Morgan fingerprint density at radius 1 is 1.39 bits per heavy atom. The fraction of sp³-hybridized carbons (Fsp3) is 0.500. The zero-order valence-corrected chi connectivity index (χ0v) is 10.3. The molecule has 3 rings (SSSR count). The van der Waals surface area contributed by atoms with Crippen molar-refractivity contribution in [2.45, 2.75) is 37.8 Å². The fourth-order valence-corrected chi connectivity index (χ4v) is 2.84. The first-order valence-electron chi connectivity index (χ1n) is 6.54. The summed E-state index contributed by atoms with van der Waals surface area (Å²) in [5.41, 5.74) is 9.02. The molecule has 4 heteroatoms. The van der Waals surface area contributed by atoms with Crippen molar-refractivity contribution in [3.63, 3.8) is 0 Å². The molecular formula is C14H18N2O2. The number of carbonyl (C=O) groups excluding carboxylic acids is 1. The van der Waals surface area contributed by atoms with Gasteiger partial charge in [-0.1, -0.05) is 6.07 Å². The molecule has 96 valence electrons. The predicted molar refractivity (Wildman–Crippen MR) is 69.0 cm³/mol. The summed E-state index contributed by atoms with van der Waals surface area (Å²) in [6.07, 6.45) is 3.51. The molecule has 0 bridgehead atoms. The van der Waals surface area contributed by atoms with Crippen LogP contribution in [0.25, 0.3) is 0 Å². The third kappa shape index (κ3) is 2.08. The molecule has 2 aliphatic rings. The molecule has 1 aromatic carbocycles. The van der Waals surface area contributed by atoms with Crippen molar-refractivity contribution in [3.8, 4) is 0 Å². The Labute approximate surface area is 107 Å². The van der Waals surface area contributed by atoms with Crippen LogP contribution < -0.4 is 11.1 Å². The second-order valence-electron chi connectivity index (χ2n) is 5.06. The molecule has 18 heavy (non-hydrogen) atoms. The number of anilines is 1. The van der Waals surface area contributed by atoms with Crippen molar-refractivity contribution in [3.05, 3.63) is 29.3 Å². The Kier molecular flexibility index (Phi) is 2.96. The van der Waals surface area contributed by atoms with Gasteiger partial charge in [0.1, 0.15) is 6.10 Å². The van der Waals surface area contributed by atoms with E-state index in [9.17, 15) is 4.79 Å². The molecule has 4 nitrogen and oxygen atoms in total. The van der Waals surface area contributed by atoms with Crippen LogP contribution in [-0.2, 0) is 16.0 Å². The predicted octanol–water partition coefficient (Wildman–Crippen LogP) is 1.55. The van der Waals surface area contributed by atoms with Crippen LogP contribution in [0.1, 0.15) is 36.4 Å². The zero-order chi connectivity index (χ0) is 12.5. The molecule has 1 heterocycles. The van der Waals surface area contributed by atoms with E-state index in [-0.39, 0.29) is 18.1 Å². The topological polar surface area (TPSA) is 64.3 Å². The van der Waals surface area contributed by atoms with E-state index in [2.05, 4.69) is 5.32 Å². The van der Waals surface area contributed by atoms with Crippen molar-refractivity contribution < 1.29 is 9.53 Å². The third-order valence-corrected chi connectivity index (χ3v) is 3.78. The van der Waals surface area contributed by atoms with Gasteiger partial charge in [0, 0.05) is 12.3 Å². The van der Waals surface area contributed by atoms with E-state index in [1.54, 1.807) is 0 Å². The monoisotopic (exact) mass is 246 g/mol. The van der Waals surface area contributed by atoms with Crippen LogP contribution in [0.2, 0.25) is 0 Å². The van der Waals surface area contributed by atoms with E-state index < -0.39 is 0 Å². The number of benzene rings is 1. The Hall–Kier alpha value is -1.55. The van der Waals surface area contributed by atoms with E-state index in [1.165, 1.54) is 11.1 Å². The minimum Gasteiger partial charge on any atom is -0.399 e. The van der Waals surface area contributed by atoms with Crippen LogP contribution in [-0.4, -0.2) is 18.6 Å². The first-order chi connectivity index (χ1) is 8.74. The van der Waals surface area contributed by atoms with Crippen LogP contribution in [0.3, 0.4) is 0 Å². The van der Waals surface area contributed by atoms with Gasteiger partial charge < -0.3 is 15.8 Å². The van der Waals surface area contributed by atoms with Crippen molar-refractivity contribution >= 4 is 11.6 Å². The molecule has 1 aliphatic heterocycles. The lowest BCUT2D eigenvalue weighted by Gasteiger charge is -2.17. The molecule has 0 spiro atoms. The largest absolute Gasteiger partial charge is 0.399 e. The van der Waals surface area contributed by atoms with E-state index in [4.69, 9.17) is 10.5 Å². The molecule has 0 saturated carbocycles. The fourth-order valence-electron chi connectivity index (χ4n) is 2.84. The molecule has 1 saturated heterocycles. The van der Waals surface area contributed by atoms with Crippen LogP contribution in [0.4, 0.5) is 5.69 Å². The molecule has 2 atom stereocenters. The van der Waals surface area contributed by atoms with Crippen molar-refractivity contribution in [2.75, 3.05) is 12.3 Å². The van der Waals surface area contributed by atoms with Gasteiger partial charge >= 0.3 is 0 Å². The Balaban J connectivity index is 1.70. The number of rotatable bonds is 2. The number of nitrogens with one attached hydrogen (secondary N) is 1. The normalized spacial score (nSPS) is 26.0. The van der Waals surface area contributed by atoms with Gasteiger partial charge in [0.05, 0.1) is 6.04 Å². The van der Waals surface area contributed by atoms with Crippen molar-refractivity contribution in [1.29, 1.82) is 0 Å². The Morgan fingerprint density at radius 3 is 3.06 bits per heavy atom. The number of hydrogen-bond acceptors (Lipinski definition) is 3. The van der Waals surface area contributed by atoms with Gasteiger partial charge in [-0.15, -0.1) is 0 Å². The minimum absolute atomic E-state index is 0.0298. The molecule has 1 fully saturated rings. The summed E-state index contributed by atoms with van der Waals surface area (Å²) in [4.78, 5) is 12.0. The quantitative estimate of drug-likeness (QED) is 0.778. The van der Waals surface area contributed by atoms with Gasteiger partial charge in [0.25, 0.3) is 0 Å². The smallest absolute Gasteiger partial charge is 0.249 e. The second kappa shape index (κ2) is 4.61. The number of nitrogen functional groups attached to an aromatic ring is 1.